The van der Waals surface area contributed by atoms with Crippen molar-refractivity contribution in [1.82, 2.24) is 0 Å². The normalized spacial score (nSPS) is 16.7. The van der Waals surface area contributed by atoms with Crippen molar-refractivity contribution in [3.8, 4) is 0 Å². The molecule has 1 nitrogen and oxygen atoms in total. The molecule has 108 valence electrons. The highest BCUT2D eigenvalue weighted by Gasteiger charge is 2.43. The van der Waals surface area contributed by atoms with Crippen LogP contribution in [0, 0.1) is 0 Å². The van der Waals surface area contributed by atoms with Crippen molar-refractivity contribution in [2.45, 2.75) is 71.1 Å². The topological polar surface area (TPSA) is 9.23 Å². The first-order valence-electron chi connectivity index (χ1n) is 7.30. The molecule has 0 amide bonds. The number of hydrogen-bond acceptors (Lipinski definition) is 1. The second kappa shape index (κ2) is 7.57. The second-order valence-corrected chi connectivity index (χ2v) is 40.3. The molecule has 1 unspecified atom stereocenters. The van der Waals surface area contributed by atoms with E-state index in [0.717, 1.165) is 6.61 Å². The van der Waals surface area contributed by atoms with E-state index < -0.39 is 22.3 Å². The number of unbranched alkanes of at least 4 members (excludes halogenated alkanes) is 2. The fraction of sp³-hybridized carbons (Fsp3) is 1.00. The lowest BCUT2D eigenvalue weighted by Gasteiger charge is -2.42. The molecule has 0 saturated carbocycles. The van der Waals surface area contributed by atoms with Crippen molar-refractivity contribution in [3.05, 3.63) is 0 Å². The maximum Gasteiger partial charge on any atom is 0.0462 e. The Morgan fingerprint density at radius 3 is 1.78 bits per heavy atom. The molecule has 0 aliphatic rings. The molecule has 5 heteroatoms. The first-order valence-corrected chi connectivity index (χ1v) is 21.0. The molecule has 0 rings (SSSR count). The Morgan fingerprint density at radius 1 is 0.833 bits per heavy atom. The Hall–Kier alpha value is 0.828. The highest BCUT2D eigenvalue weighted by molar-refractivity contribution is 7.72. The van der Waals surface area contributed by atoms with Gasteiger partial charge in [-0.15, -0.1) is 0 Å². The van der Waals surface area contributed by atoms with Gasteiger partial charge in [-0.2, -0.15) is 0 Å². The van der Waals surface area contributed by atoms with E-state index in [-0.39, 0.29) is 0 Å². The second-order valence-electron chi connectivity index (χ2n) is 7.76. The minimum absolute atomic E-state index is 0.878. The number of hydrogen-bond donors (Lipinski definition) is 0. The van der Waals surface area contributed by atoms with Crippen LogP contribution in [0.1, 0.15) is 19.3 Å². The van der Waals surface area contributed by atoms with Crippen LogP contribution in [0.2, 0.25) is 51.9 Å². The van der Waals surface area contributed by atoms with Crippen molar-refractivity contribution < 1.29 is 4.74 Å². The molecule has 0 aromatic rings. The van der Waals surface area contributed by atoms with E-state index in [4.69, 9.17) is 4.74 Å². The maximum absolute atomic E-state index is 5.15. The highest BCUT2D eigenvalue weighted by Crippen LogP contribution is 2.27. The summed E-state index contributed by atoms with van der Waals surface area (Å²) >= 11 is 0. The van der Waals surface area contributed by atoms with Crippen LogP contribution >= 0.6 is 0 Å². The fourth-order valence-electron chi connectivity index (χ4n) is 2.35. The van der Waals surface area contributed by atoms with Gasteiger partial charge in [0.05, 0.1) is 0 Å². The third-order valence-electron chi connectivity index (χ3n) is 3.83. The summed E-state index contributed by atoms with van der Waals surface area (Å²) in [6.45, 7) is 19.3. The van der Waals surface area contributed by atoms with Crippen LogP contribution in [-0.4, -0.2) is 44.6 Å². The molecule has 0 aromatic carbocycles. The van der Waals surface area contributed by atoms with Gasteiger partial charge in [0.15, 0.2) is 0 Å². The quantitative estimate of drug-likeness (QED) is 0.454. The largest absolute Gasteiger partial charge is 0.385 e. The van der Waals surface area contributed by atoms with E-state index in [9.17, 15) is 0 Å². The van der Waals surface area contributed by atoms with Crippen LogP contribution in [-0.2, 0) is 4.74 Å². The Morgan fingerprint density at radius 2 is 1.39 bits per heavy atom. The molecule has 18 heavy (non-hydrogen) atoms. The van der Waals surface area contributed by atoms with Crippen LogP contribution in [0.25, 0.3) is 0 Å². The van der Waals surface area contributed by atoms with Gasteiger partial charge in [0.2, 0.25) is 0 Å². The third-order valence-corrected chi connectivity index (χ3v) is 47.0. The van der Waals surface area contributed by atoms with Crippen molar-refractivity contribution in [2.75, 3.05) is 13.7 Å². The number of ether oxygens (including phenoxy) is 1. The van der Waals surface area contributed by atoms with Crippen molar-refractivity contribution in [2.24, 2.45) is 0 Å². The van der Waals surface area contributed by atoms with E-state index in [1.807, 2.05) is 7.11 Å². The summed E-state index contributed by atoms with van der Waals surface area (Å²) in [6, 6.07) is 1.58. The van der Waals surface area contributed by atoms with Gasteiger partial charge in [0.25, 0.3) is 0 Å². The van der Waals surface area contributed by atoms with Gasteiger partial charge < -0.3 is 4.74 Å². The maximum atomic E-state index is 5.15. The van der Waals surface area contributed by atoms with Crippen molar-refractivity contribution in [1.29, 1.82) is 0 Å². The van der Waals surface area contributed by atoms with Crippen molar-refractivity contribution in [3.63, 3.8) is 0 Å². The summed E-state index contributed by atoms with van der Waals surface area (Å²) in [5.74, 6) is 0. The third kappa shape index (κ3) is 7.42. The van der Waals surface area contributed by atoms with E-state index in [2.05, 4.69) is 45.8 Å². The van der Waals surface area contributed by atoms with E-state index in [0.29, 0.717) is 0 Å². The van der Waals surface area contributed by atoms with Gasteiger partial charge in [0.1, 0.15) is 0 Å². The summed E-state index contributed by atoms with van der Waals surface area (Å²) in [7, 11) is 0.399. The average molecular weight is 319 g/mol. The summed E-state index contributed by atoms with van der Waals surface area (Å²) in [5, 5.41) is 0. The molecule has 0 N–H and O–H groups in total. The van der Waals surface area contributed by atoms with Gasteiger partial charge in [-0.25, -0.2) is 0 Å². The smallest absolute Gasteiger partial charge is 0.0462 e. The zero-order valence-corrected chi connectivity index (χ0v) is 17.9. The molecule has 0 bridgehead atoms. The lowest BCUT2D eigenvalue weighted by molar-refractivity contribution is 0.192. The molecular formula is C13H34OSi4. The molecule has 0 aliphatic carbocycles. The molecule has 1 atom stereocenters. The molecule has 0 saturated heterocycles. The Bertz CT molecular complexity index is 232. The van der Waals surface area contributed by atoms with E-state index >= 15 is 0 Å². The summed E-state index contributed by atoms with van der Waals surface area (Å²) in [4.78, 5) is 0. The fourth-order valence-corrected chi connectivity index (χ4v) is 55.6. The Kier molecular flexibility index (Phi) is 7.92. The lowest BCUT2D eigenvalue weighted by atomic mass is 10.3. The van der Waals surface area contributed by atoms with Crippen LogP contribution < -0.4 is 0 Å². The minimum Gasteiger partial charge on any atom is -0.385 e. The van der Waals surface area contributed by atoms with Crippen molar-refractivity contribution >= 4 is 30.8 Å². The zero-order chi connectivity index (χ0) is 14.4. The van der Waals surface area contributed by atoms with Gasteiger partial charge >= 0.3 is 0 Å². The summed E-state index contributed by atoms with van der Waals surface area (Å²) < 4.78 is 5.15. The van der Waals surface area contributed by atoms with E-state index in [1.54, 1.807) is 6.04 Å². The Labute approximate surface area is 120 Å². The lowest BCUT2D eigenvalue weighted by Crippen LogP contribution is -2.65. The molecule has 0 fully saturated rings. The monoisotopic (exact) mass is 318 g/mol. The minimum atomic E-state index is -0.959. The molecular weight excluding hydrogens is 284 g/mol. The average Bonchev–Trinajstić information content (AvgIpc) is 2.13. The highest BCUT2D eigenvalue weighted by atomic mass is 29.8. The standard InChI is InChI=1S/C13H34OSi4/c1-14-12-10-9-11-13-18(8,17(5,6)7)15-16(2,3)4/h9-13H2,1-8H3. The first-order chi connectivity index (χ1) is 8.02. The van der Waals surface area contributed by atoms with Gasteiger partial charge in [-0.1, -0.05) is 64.7 Å². The molecule has 0 aromatic heterocycles. The van der Waals surface area contributed by atoms with Crippen LogP contribution in [0.3, 0.4) is 0 Å². The SMILES string of the molecule is COCCCCC[Si](C)([Si][Si](C)(C)C)[Si](C)(C)C. The van der Waals surface area contributed by atoms with Gasteiger partial charge in [-0.3, -0.25) is 0 Å². The number of methoxy groups -OCH3 is 1. The predicted octanol–water partition coefficient (Wildman–Crippen LogP) is 4.33. The molecule has 0 spiro atoms. The zero-order valence-electron chi connectivity index (χ0n) is 13.9. The summed E-state index contributed by atoms with van der Waals surface area (Å²) in [5.41, 5.74) is 0. The molecule has 2 radical (unpaired) electrons. The van der Waals surface area contributed by atoms with Gasteiger partial charge in [0, 0.05) is 44.6 Å². The Balaban J connectivity index is 4.42. The predicted molar refractivity (Wildman–Crippen MR) is 94.6 cm³/mol. The molecule has 0 heterocycles. The van der Waals surface area contributed by atoms with E-state index in [1.165, 1.54) is 27.8 Å². The number of rotatable bonds is 9. The summed E-state index contributed by atoms with van der Waals surface area (Å²) in [6.07, 6.45) is 4.08. The van der Waals surface area contributed by atoms with Crippen LogP contribution in [0.15, 0.2) is 0 Å². The molecule has 0 aliphatic heterocycles. The van der Waals surface area contributed by atoms with Crippen LogP contribution in [0.4, 0.5) is 0 Å². The first kappa shape index (κ1) is 18.8. The van der Waals surface area contributed by atoms with Gasteiger partial charge in [-0.05, 0) is 6.42 Å². The van der Waals surface area contributed by atoms with Crippen LogP contribution in [0.5, 0.6) is 0 Å².